The van der Waals surface area contributed by atoms with Crippen LogP contribution in [0.1, 0.15) is 5.56 Å². The quantitative estimate of drug-likeness (QED) is 0.803. The van der Waals surface area contributed by atoms with Crippen molar-refractivity contribution in [2.24, 2.45) is 0 Å². The van der Waals surface area contributed by atoms with Gasteiger partial charge in [-0.15, -0.1) is 0 Å². The van der Waals surface area contributed by atoms with Crippen LogP contribution in [0.25, 0.3) is 0 Å². The third kappa shape index (κ3) is 4.93. The fraction of sp³-hybridized carbons (Fsp3) is 0.188. The van der Waals surface area contributed by atoms with Crippen LogP contribution in [-0.2, 0) is 4.79 Å². The highest BCUT2D eigenvalue weighted by molar-refractivity contribution is 6.34. The molecular formula is C16H14Cl3NO3. The van der Waals surface area contributed by atoms with Crippen molar-refractivity contribution in [1.82, 2.24) is 0 Å². The van der Waals surface area contributed by atoms with Crippen LogP contribution in [0.5, 0.6) is 11.5 Å². The summed E-state index contributed by atoms with van der Waals surface area (Å²) in [6, 6.07) is 8.11. The van der Waals surface area contributed by atoms with Gasteiger partial charge in [0.05, 0.1) is 12.8 Å². The molecule has 2 aromatic rings. The lowest BCUT2D eigenvalue weighted by atomic mass is 10.2. The minimum atomic E-state index is -0.346. The number of anilines is 1. The molecule has 0 spiro atoms. The molecule has 0 aromatic heterocycles. The SMILES string of the molecule is COc1cc(Cl)c(C)cc1NC(=O)COc1cc(Cl)cc(Cl)c1. The molecule has 0 radical (unpaired) electrons. The molecule has 0 saturated carbocycles. The fourth-order valence-electron chi connectivity index (χ4n) is 1.88. The Morgan fingerprint density at radius 3 is 2.35 bits per heavy atom. The van der Waals surface area contributed by atoms with Crippen LogP contribution < -0.4 is 14.8 Å². The van der Waals surface area contributed by atoms with Gasteiger partial charge in [-0.05, 0) is 36.8 Å². The van der Waals surface area contributed by atoms with Gasteiger partial charge < -0.3 is 14.8 Å². The van der Waals surface area contributed by atoms with E-state index in [9.17, 15) is 4.79 Å². The van der Waals surface area contributed by atoms with Gasteiger partial charge in [-0.25, -0.2) is 0 Å². The van der Waals surface area contributed by atoms with Crippen LogP contribution in [0.3, 0.4) is 0 Å². The Bertz CT molecular complexity index is 715. The van der Waals surface area contributed by atoms with E-state index in [0.29, 0.717) is 32.3 Å². The van der Waals surface area contributed by atoms with Crippen molar-refractivity contribution in [2.45, 2.75) is 6.92 Å². The van der Waals surface area contributed by atoms with E-state index in [1.54, 1.807) is 30.3 Å². The number of aryl methyl sites for hydroxylation is 1. The Balaban J connectivity index is 2.04. The topological polar surface area (TPSA) is 47.6 Å². The van der Waals surface area contributed by atoms with Crippen molar-refractivity contribution < 1.29 is 14.3 Å². The molecule has 122 valence electrons. The average molecular weight is 375 g/mol. The second-order valence-corrected chi connectivity index (χ2v) is 6.02. The summed E-state index contributed by atoms with van der Waals surface area (Å²) in [6.07, 6.45) is 0. The van der Waals surface area contributed by atoms with Crippen LogP contribution in [0.2, 0.25) is 15.1 Å². The molecule has 0 saturated heterocycles. The van der Waals surface area contributed by atoms with Gasteiger partial charge in [0.25, 0.3) is 5.91 Å². The molecule has 0 atom stereocenters. The number of methoxy groups -OCH3 is 1. The van der Waals surface area contributed by atoms with E-state index in [2.05, 4.69) is 5.32 Å². The van der Waals surface area contributed by atoms with Crippen molar-refractivity contribution in [3.63, 3.8) is 0 Å². The van der Waals surface area contributed by atoms with Gasteiger partial charge in [-0.1, -0.05) is 34.8 Å². The minimum Gasteiger partial charge on any atom is -0.495 e. The number of carbonyl (C=O) groups is 1. The molecule has 0 bridgehead atoms. The predicted molar refractivity (Wildman–Crippen MR) is 93.3 cm³/mol. The van der Waals surface area contributed by atoms with Gasteiger partial charge in [0.2, 0.25) is 0 Å². The minimum absolute atomic E-state index is 0.193. The molecular weight excluding hydrogens is 361 g/mol. The van der Waals surface area contributed by atoms with Gasteiger partial charge in [-0.2, -0.15) is 0 Å². The molecule has 0 aliphatic carbocycles. The van der Waals surface area contributed by atoms with E-state index in [4.69, 9.17) is 44.3 Å². The molecule has 2 rings (SSSR count). The van der Waals surface area contributed by atoms with E-state index in [-0.39, 0.29) is 12.5 Å². The first-order valence-corrected chi connectivity index (χ1v) is 7.75. The monoisotopic (exact) mass is 373 g/mol. The zero-order valence-electron chi connectivity index (χ0n) is 12.5. The number of hydrogen-bond donors (Lipinski definition) is 1. The molecule has 1 N–H and O–H groups in total. The van der Waals surface area contributed by atoms with Crippen molar-refractivity contribution in [3.05, 3.63) is 51.0 Å². The van der Waals surface area contributed by atoms with Crippen LogP contribution in [0, 0.1) is 6.92 Å². The van der Waals surface area contributed by atoms with Crippen molar-refractivity contribution in [3.8, 4) is 11.5 Å². The number of ether oxygens (including phenoxy) is 2. The molecule has 0 fully saturated rings. The van der Waals surface area contributed by atoms with E-state index >= 15 is 0 Å². The highest BCUT2D eigenvalue weighted by atomic mass is 35.5. The largest absolute Gasteiger partial charge is 0.495 e. The summed E-state index contributed by atoms with van der Waals surface area (Å²) < 4.78 is 10.6. The van der Waals surface area contributed by atoms with Crippen molar-refractivity contribution >= 4 is 46.4 Å². The van der Waals surface area contributed by atoms with Crippen molar-refractivity contribution in [2.75, 3.05) is 19.0 Å². The van der Waals surface area contributed by atoms with Gasteiger partial charge in [0.15, 0.2) is 6.61 Å². The number of benzene rings is 2. The summed E-state index contributed by atoms with van der Waals surface area (Å²) in [5, 5.41) is 4.14. The maximum atomic E-state index is 12.0. The molecule has 0 aliphatic heterocycles. The summed E-state index contributed by atoms with van der Waals surface area (Å²) in [4.78, 5) is 12.0. The molecule has 2 aromatic carbocycles. The molecule has 23 heavy (non-hydrogen) atoms. The van der Waals surface area contributed by atoms with E-state index in [1.165, 1.54) is 7.11 Å². The fourth-order valence-corrected chi connectivity index (χ4v) is 2.54. The summed E-state index contributed by atoms with van der Waals surface area (Å²) in [5.41, 5.74) is 1.34. The summed E-state index contributed by atoms with van der Waals surface area (Å²) in [7, 11) is 1.50. The second kappa shape index (κ2) is 7.77. The summed E-state index contributed by atoms with van der Waals surface area (Å²) >= 11 is 17.8. The van der Waals surface area contributed by atoms with Crippen LogP contribution in [-0.4, -0.2) is 19.6 Å². The van der Waals surface area contributed by atoms with Gasteiger partial charge >= 0.3 is 0 Å². The normalized spacial score (nSPS) is 10.3. The third-order valence-electron chi connectivity index (χ3n) is 2.96. The Kier molecular flexibility index (Phi) is 5.99. The Morgan fingerprint density at radius 2 is 1.74 bits per heavy atom. The predicted octanol–water partition coefficient (Wildman–Crippen LogP) is 4.98. The van der Waals surface area contributed by atoms with Gasteiger partial charge in [0.1, 0.15) is 11.5 Å². The number of amides is 1. The van der Waals surface area contributed by atoms with Crippen molar-refractivity contribution in [1.29, 1.82) is 0 Å². The molecule has 0 aliphatic rings. The maximum Gasteiger partial charge on any atom is 0.262 e. The highest BCUT2D eigenvalue weighted by Gasteiger charge is 2.11. The first kappa shape index (κ1) is 17.7. The van der Waals surface area contributed by atoms with E-state index < -0.39 is 0 Å². The Hall–Kier alpha value is -1.62. The van der Waals surface area contributed by atoms with Gasteiger partial charge in [-0.3, -0.25) is 4.79 Å². The number of hydrogen-bond acceptors (Lipinski definition) is 3. The van der Waals surface area contributed by atoms with E-state index in [0.717, 1.165) is 5.56 Å². The number of halogens is 3. The maximum absolute atomic E-state index is 12.0. The Labute approximate surface area is 149 Å². The smallest absolute Gasteiger partial charge is 0.262 e. The molecule has 0 unspecified atom stereocenters. The van der Waals surface area contributed by atoms with Crippen LogP contribution in [0.15, 0.2) is 30.3 Å². The zero-order chi connectivity index (χ0) is 17.0. The average Bonchev–Trinajstić information content (AvgIpc) is 2.47. The lowest BCUT2D eigenvalue weighted by Crippen LogP contribution is -2.20. The first-order valence-electron chi connectivity index (χ1n) is 6.62. The molecule has 7 heteroatoms. The molecule has 0 heterocycles. The highest BCUT2D eigenvalue weighted by Crippen LogP contribution is 2.31. The number of nitrogens with one attached hydrogen (secondary N) is 1. The van der Waals surface area contributed by atoms with E-state index in [1.807, 2.05) is 6.92 Å². The molecule has 4 nitrogen and oxygen atoms in total. The Morgan fingerprint density at radius 1 is 1.09 bits per heavy atom. The standard InChI is InChI=1S/C16H14Cl3NO3/c1-9-3-14(15(22-2)7-13(9)19)20-16(21)8-23-12-5-10(17)4-11(18)6-12/h3-7H,8H2,1-2H3,(H,20,21). The summed E-state index contributed by atoms with van der Waals surface area (Å²) in [6.45, 7) is 1.64. The first-order chi connectivity index (χ1) is 10.9. The number of rotatable bonds is 5. The second-order valence-electron chi connectivity index (χ2n) is 4.74. The van der Waals surface area contributed by atoms with Gasteiger partial charge in [0, 0.05) is 21.1 Å². The van der Waals surface area contributed by atoms with Crippen LogP contribution >= 0.6 is 34.8 Å². The molecule has 1 amide bonds. The summed E-state index contributed by atoms with van der Waals surface area (Å²) in [5.74, 6) is 0.540. The zero-order valence-corrected chi connectivity index (χ0v) is 14.7. The lowest BCUT2D eigenvalue weighted by Gasteiger charge is -2.13. The van der Waals surface area contributed by atoms with Crippen LogP contribution in [0.4, 0.5) is 5.69 Å². The third-order valence-corrected chi connectivity index (χ3v) is 3.80. The lowest BCUT2D eigenvalue weighted by molar-refractivity contribution is -0.118. The number of carbonyl (C=O) groups excluding carboxylic acids is 1.